The van der Waals surface area contributed by atoms with Crippen LogP contribution in [0.15, 0.2) is 36.4 Å². The molecule has 0 aliphatic carbocycles. The maximum Gasteiger partial charge on any atom is 0.338 e. The van der Waals surface area contributed by atoms with E-state index in [1.165, 1.54) is 6.07 Å². The summed E-state index contributed by atoms with van der Waals surface area (Å²) in [5, 5.41) is 11.6. The quantitative estimate of drug-likeness (QED) is 0.405. The minimum atomic E-state index is -0.602. The number of hydrogen-bond donors (Lipinski definition) is 0. The van der Waals surface area contributed by atoms with E-state index < -0.39 is 10.9 Å². The summed E-state index contributed by atoms with van der Waals surface area (Å²) in [5.74, 6) is 0.511. The highest BCUT2D eigenvalue weighted by atomic mass is 16.6. The Kier molecular flexibility index (Phi) is 6.36. The predicted octanol–water partition coefficient (Wildman–Crippen LogP) is 4.51. The minimum Gasteiger partial charge on any atom is -0.496 e. The Hall–Kier alpha value is -3.09. The molecule has 0 spiro atoms. The molecule has 1 heterocycles. The molecule has 7 nitrogen and oxygen atoms in total. The van der Waals surface area contributed by atoms with Crippen LogP contribution in [0.5, 0.6) is 5.75 Å². The first kappa shape index (κ1) is 20.6. The molecule has 1 atom stereocenters. The third kappa shape index (κ3) is 4.85. The van der Waals surface area contributed by atoms with Gasteiger partial charge in [-0.05, 0) is 49.9 Å². The lowest BCUT2D eigenvalue weighted by molar-refractivity contribution is -0.384. The van der Waals surface area contributed by atoms with Gasteiger partial charge in [-0.15, -0.1) is 0 Å². The molecule has 154 valence electrons. The second-order valence-corrected chi connectivity index (χ2v) is 7.55. The molecular weight excluding hydrogens is 372 g/mol. The molecule has 1 saturated heterocycles. The summed E-state index contributed by atoms with van der Waals surface area (Å²) in [7, 11) is 1.56. The average molecular weight is 398 g/mol. The SMILES string of the molecule is COc1ccc(C)cc1COC(=O)c1ccc(N2CCC[C@@H](C)C2)c([N+](=O)[O-])c1. The highest BCUT2D eigenvalue weighted by Crippen LogP contribution is 2.32. The molecule has 0 unspecified atom stereocenters. The number of carbonyl (C=O) groups is 1. The van der Waals surface area contributed by atoms with Gasteiger partial charge in [0.05, 0.1) is 17.6 Å². The van der Waals surface area contributed by atoms with Crippen LogP contribution < -0.4 is 9.64 Å². The van der Waals surface area contributed by atoms with Gasteiger partial charge in [-0.1, -0.05) is 18.6 Å². The van der Waals surface area contributed by atoms with Gasteiger partial charge in [-0.2, -0.15) is 0 Å². The third-order valence-corrected chi connectivity index (χ3v) is 5.20. The van der Waals surface area contributed by atoms with E-state index in [4.69, 9.17) is 9.47 Å². The van der Waals surface area contributed by atoms with Crippen LogP contribution in [-0.2, 0) is 11.3 Å². The summed E-state index contributed by atoms with van der Waals surface area (Å²) in [6.07, 6.45) is 2.12. The number of nitro benzene ring substituents is 1. The Morgan fingerprint density at radius 3 is 2.76 bits per heavy atom. The molecule has 1 fully saturated rings. The maximum atomic E-state index is 12.5. The van der Waals surface area contributed by atoms with Crippen LogP contribution in [0.2, 0.25) is 0 Å². The first-order valence-corrected chi connectivity index (χ1v) is 9.73. The number of ether oxygens (including phenoxy) is 2. The molecule has 2 aromatic carbocycles. The van der Waals surface area contributed by atoms with Gasteiger partial charge in [-0.3, -0.25) is 10.1 Å². The van der Waals surface area contributed by atoms with E-state index in [0.29, 0.717) is 17.4 Å². The van der Waals surface area contributed by atoms with Crippen LogP contribution in [0.1, 0.15) is 41.3 Å². The topological polar surface area (TPSA) is 81.9 Å². The number of nitrogens with zero attached hydrogens (tertiary/aromatic N) is 2. The summed E-state index contributed by atoms with van der Waals surface area (Å²) in [6, 6.07) is 10.2. The van der Waals surface area contributed by atoms with E-state index in [-0.39, 0.29) is 17.9 Å². The van der Waals surface area contributed by atoms with Gasteiger partial charge in [-0.25, -0.2) is 4.79 Å². The van der Waals surface area contributed by atoms with Crippen LogP contribution in [0.4, 0.5) is 11.4 Å². The third-order valence-electron chi connectivity index (χ3n) is 5.20. The first-order chi connectivity index (χ1) is 13.9. The van der Waals surface area contributed by atoms with E-state index in [1.54, 1.807) is 19.2 Å². The largest absolute Gasteiger partial charge is 0.496 e. The van der Waals surface area contributed by atoms with E-state index in [2.05, 4.69) is 6.92 Å². The van der Waals surface area contributed by atoms with Crippen molar-refractivity contribution in [2.75, 3.05) is 25.1 Å². The van der Waals surface area contributed by atoms with Crippen LogP contribution >= 0.6 is 0 Å². The summed E-state index contributed by atoms with van der Waals surface area (Å²) >= 11 is 0. The van der Waals surface area contributed by atoms with E-state index in [0.717, 1.165) is 37.1 Å². The zero-order chi connectivity index (χ0) is 21.0. The second-order valence-electron chi connectivity index (χ2n) is 7.55. The maximum absolute atomic E-state index is 12.5. The molecule has 3 rings (SSSR count). The fraction of sp³-hybridized carbons (Fsp3) is 0.409. The first-order valence-electron chi connectivity index (χ1n) is 9.73. The molecule has 7 heteroatoms. The van der Waals surface area contributed by atoms with Crippen LogP contribution in [-0.4, -0.2) is 31.1 Å². The standard InChI is InChI=1S/C22H26N2O5/c1-15-6-9-21(28-3)18(11-15)14-29-22(25)17-7-8-19(20(12-17)24(26)27)23-10-4-5-16(2)13-23/h6-9,11-12,16H,4-5,10,13-14H2,1-3H3/t16-/m1/s1. The number of hydrogen-bond acceptors (Lipinski definition) is 6. The Labute approximate surface area is 170 Å². The number of benzene rings is 2. The summed E-state index contributed by atoms with van der Waals surface area (Å²) in [6.45, 7) is 5.67. The van der Waals surface area contributed by atoms with Crippen molar-refractivity contribution >= 4 is 17.3 Å². The average Bonchev–Trinajstić information content (AvgIpc) is 2.71. The van der Waals surface area contributed by atoms with Crippen LogP contribution in [0.3, 0.4) is 0 Å². The Morgan fingerprint density at radius 1 is 1.28 bits per heavy atom. The molecule has 0 bridgehead atoms. The van der Waals surface area contributed by atoms with Crippen LogP contribution in [0.25, 0.3) is 0 Å². The number of esters is 1. The van der Waals surface area contributed by atoms with Gasteiger partial charge >= 0.3 is 5.97 Å². The molecule has 29 heavy (non-hydrogen) atoms. The molecule has 1 aliphatic rings. The number of aryl methyl sites for hydroxylation is 1. The number of carbonyl (C=O) groups excluding carboxylic acids is 1. The number of rotatable bonds is 6. The monoisotopic (exact) mass is 398 g/mol. The van der Waals surface area contributed by atoms with Gasteiger partial charge in [0, 0.05) is 24.7 Å². The van der Waals surface area contributed by atoms with Crippen molar-refractivity contribution < 1.29 is 19.2 Å². The van der Waals surface area contributed by atoms with Gasteiger partial charge in [0.2, 0.25) is 0 Å². The lowest BCUT2D eigenvalue weighted by Gasteiger charge is -2.32. The molecule has 2 aromatic rings. The highest BCUT2D eigenvalue weighted by Gasteiger charge is 2.25. The molecule has 1 aliphatic heterocycles. The van der Waals surface area contributed by atoms with Gasteiger partial charge in [0.1, 0.15) is 18.0 Å². The summed E-state index contributed by atoms with van der Waals surface area (Å²) in [4.78, 5) is 25.7. The zero-order valence-electron chi connectivity index (χ0n) is 17.0. The fourth-order valence-corrected chi connectivity index (χ4v) is 3.72. The van der Waals surface area contributed by atoms with Crippen molar-refractivity contribution in [2.45, 2.75) is 33.3 Å². The Balaban J connectivity index is 1.78. The number of nitro groups is 1. The number of anilines is 1. The molecule has 0 N–H and O–H groups in total. The van der Waals surface area contributed by atoms with Crippen LogP contribution in [0, 0.1) is 23.0 Å². The smallest absolute Gasteiger partial charge is 0.338 e. The molecule has 0 saturated carbocycles. The molecule has 0 amide bonds. The van der Waals surface area contributed by atoms with Crippen molar-refractivity contribution in [2.24, 2.45) is 5.92 Å². The van der Waals surface area contributed by atoms with Crippen molar-refractivity contribution in [3.05, 3.63) is 63.2 Å². The molecule has 0 radical (unpaired) electrons. The van der Waals surface area contributed by atoms with Gasteiger partial charge in [0.25, 0.3) is 5.69 Å². The van der Waals surface area contributed by atoms with Crippen molar-refractivity contribution in [1.29, 1.82) is 0 Å². The van der Waals surface area contributed by atoms with Crippen molar-refractivity contribution in [3.63, 3.8) is 0 Å². The second kappa shape index (κ2) is 8.94. The lowest BCUT2D eigenvalue weighted by Crippen LogP contribution is -2.34. The number of methoxy groups -OCH3 is 1. The molecule has 0 aromatic heterocycles. The Morgan fingerprint density at radius 2 is 2.07 bits per heavy atom. The number of piperidine rings is 1. The van der Waals surface area contributed by atoms with E-state index >= 15 is 0 Å². The predicted molar refractivity (Wildman–Crippen MR) is 111 cm³/mol. The van der Waals surface area contributed by atoms with Gasteiger partial charge in [0.15, 0.2) is 0 Å². The van der Waals surface area contributed by atoms with E-state index in [9.17, 15) is 14.9 Å². The van der Waals surface area contributed by atoms with Gasteiger partial charge < -0.3 is 14.4 Å². The molecular formula is C22H26N2O5. The summed E-state index contributed by atoms with van der Waals surface area (Å²) in [5.41, 5.74) is 2.42. The lowest BCUT2D eigenvalue weighted by atomic mass is 9.99. The Bertz CT molecular complexity index is 912. The fourth-order valence-electron chi connectivity index (χ4n) is 3.72. The van der Waals surface area contributed by atoms with Crippen molar-refractivity contribution in [3.8, 4) is 5.75 Å². The highest BCUT2D eigenvalue weighted by molar-refractivity contribution is 5.91. The van der Waals surface area contributed by atoms with E-state index in [1.807, 2.05) is 30.0 Å². The summed E-state index contributed by atoms with van der Waals surface area (Å²) < 4.78 is 10.7. The minimum absolute atomic E-state index is 0.0306. The van der Waals surface area contributed by atoms with Crippen molar-refractivity contribution in [1.82, 2.24) is 0 Å². The zero-order valence-corrected chi connectivity index (χ0v) is 17.0. The normalized spacial score (nSPS) is 16.4.